The van der Waals surface area contributed by atoms with Crippen LogP contribution in [0.5, 0.6) is 11.5 Å². The minimum atomic E-state index is -5.57. The number of hydrogen-bond donors (Lipinski definition) is 0. The lowest BCUT2D eigenvalue weighted by atomic mass is 9.95. The van der Waals surface area contributed by atoms with Gasteiger partial charge in [0.25, 0.3) is 0 Å². The van der Waals surface area contributed by atoms with E-state index < -0.39 is 59.0 Å². The van der Waals surface area contributed by atoms with E-state index >= 15 is 0 Å². The summed E-state index contributed by atoms with van der Waals surface area (Å²) >= 11 is 0. The summed E-state index contributed by atoms with van der Waals surface area (Å²) in [6.45, 7) is 0. The summed E-state index contributed by atoms with van der Waals surface area (Å²) in [6, 6.07) is 10.9. The van der Waals surface area contributed by atoms with E-state index in [0.29, 0.717) is 6.07 Å². The Hall–Kier alpha value is -3.59. The van der Waals surface area contributed by atoms with Crippen molar-refractivity contribution < 1.29 is 50.0 Å². The summed E-state index contributed by atoms with van der Waals surface area (Å²) < 4.78 is 108. The van der Waals surface area contributed by atoms with Gasteiger partial charge in [-0.1, -0.05) is 36.4 Å². The van der Waals surface area contributed by atoms with E-state index in [9.17, 15) is 40.5 Å². The molecule has 0 N–H and O–H groups in total. The Morgan fingerprint density at radius 3 is 1.78 bits per heavy atom. The van der Waals surface area contributed by atoms with Gasteiger partial charge in [-0.3, -0.25) is 9.59 Å². The Morgan fingerprint density at radius 2 is 1.31 bits per heavy atom. The number of hydrogen-bond acceptors (Lipinski definition) is 5. The van der Waals surface area contributed by atoms with Crippen LogP contribution in [0.4, 0.5) is 26.3 Å². The quantitative estimate of drug-likeness (QED) is 0.213. The maximum atomic E-state index is 14.3. The maximum absolute atomic E-state index is 14.3. The minimum Gasteiger partial charge on any atom is -0.496 e. The number of carbonyl (C=O) groups excluding carboxylic acids is 2. The van der Waals surface area contributed by atoms with Crippen molar-refractivity contribution in [2.24, 2.45) is 0 Å². The van der Waals surface area contributed by atoms with Gasteiger partial charge in [0.2, 0.25) is 5.52 Å². The number of alkyl halides is 6. The number of ketones is 1. The standard InChI is InChI=1S/C24H17F6O5P/c1-34-16-9-6-10-17(35-2)18(16)22(32)36(33)21-15(23(25,26)27)12-11-14(19(21)24(28,29)30)20(31)13-7-4-3-5-8-13/h3-12,36H,1-2H3. The average molecular weight is 530 g/mol. The molecule has 0 amide bonds. The van der Waals surface area contributed by atoms with Crippen molar-refractivity contribution in [1.82, 2.24) is 0 Å². The van der Waals surface area contributed by atoms with Gasteiger partial charge in [-0.15, -0.1) is 0 Å². The van der Waals surface area contributed by atoms with Gasteiger partial charge in [0.1, 0.15) is 17.1 Å². The van der Waals surface area contributed by atoms with E-state index in [1.807, 2.05) is 0 Å². The molecule has 3 aromatic rings. The molecule has 0 saturated heterocycles. The first-order chi connectivity index (χ1) is 16.8. The summed E-state index contributed by atoms with van der Waals surface area (Å²) in [5.74, 6) is -1.79. The van der Waals surface area contributed by atoms with Crippen molar-refractivity contribution in [3.63, 3.8) is 0 Å². The lowest BCUT2D eigenvalue weighted by Gasteiger charge is -2.21. The van der Waals surface area contributed by atoms with Gasteiger partial charge in [-0.2, -0.15) is 26.3 Å². The first kappa shape index (κ1) is 27.0. The monoisotopic (exact) mass is 530 g/mol. The van der Waals surface area contributed by atoms with Crippen LogP contribution >= 0.6 is 7.80 Å². The number of halogens is 6. The highest BCUT2D eigenvalue weighted by Crippen LogP contribution is 2.45. The van der Waals surface area contributed by atoms with Crippen molar-refractivity contribution in [3.05, 3.63) is 88.5 Å². The predicted octanol–water partition coefficient (Wildman–Crippen LogP) is 6.00. The number of ether oxygens (including phenoxy) is 2. The summed E-state index contributed by atoms with van der Waals surface area (Å²) in [5.41, 5.74) is -7.59. The molecule has 0 spiro atoms. The zero-order valence-corrected chi connectivity index (χ0v) is 19.6. The van der Waals surface area contributed by atoms with Gasteiger partial charge in [0, 0.05) is 16.4 Å². The molecule has 0 radical (unpaired) electrons. The van der Waals surface area contributed by atoms with E-state index in [1.54, 1.807) is 0 Å². The Balaban J connectivity index is 2.37. The fourth-order valence-electron chi connectivity index (χ4n) is 3.61. The van der Waals surface area contributed by atoms with E-state index in [0.717, 1.165) is 14.2 Å². The molecule has 1 unspecified atom stereocenters. The molecule has 12 heteroatoms. The van der Waals surface area contributed by atoms with Gasteiger partial charge in [-0.25, -0.2) is 0 Å². The van der Waals surface area contributed by atoms with Crippen LogP contribution in [0.1, 0.15) is 37.4 Å². The molecule has 0 aliphatic carbocycles. The van der Waals surface area contributed by atoms with Gasteiger partial charge < -0.3 is 14.0 Å². The van der Waals surface area contributed by atoms with Crippen LogP contribution in [0, 0.1) is 0 Å². The average Bonchev–Trinajstić information content (AvgIpc) is 2.85. The highest BCUT2D eigenvalue weighted by Gasteiger charge is 2.46. The Bertz CT molecular complexity index is 1310. The third-order valence-electron chi connectivity index (χ3n) is 5.16. The van der Waals surface area contributed by atoms with Crippen LogP contribution in [0.3, 0.4) is 0 Å². The molecule has 3 rings (SSSR count). The largest absolute Gasteiger partial charge is 0.496 e. The second-order valence-corrected chi connectivity index (χ2v) is 8.91. The van der Waals surface area contributed by atoms with Crippen LogP contribution < -0.4 is 14.8 Å². The summed E-state index contributed by atoms with van der Waals surface area (Å²) in [6.07, 6.45) is -11.0. The molecular formula is C24H17F6O5P. The van der Waals surface area contributed by atoms with Gasteiger partial charge in [-0.05, 0) is 24.3 Å². The third-order valence-corrected chi connectivity index (χ3v) is 6.80. The maximum Gasteiger partial charge on any atom is 0.417 e. The lowest BCUT2D eigenvalue weighted by Crippen LogP contribution is -2.30. The fraction of sp³-hybridized carbons (Fsp3) is 0.167. The molecule has 0 aliphatic rings. The number of benzene rings is 3. The first-order valence-corrected chi connectivity index (χ1v) is 11.4. The zero-order valence-electron chi connectivity index (χ0n) is 18.6. The molecule has 190 valence electrons. The van der Waals surface area contributed by atoms with Gasteiger partial charge in [0.15, 0.2) is 13.6 Å². The van der Waals surface area contributed by atoms with Crippen LogP contribution in [0.15, 0.2) is 60.7 Å². The highest BCUT2D eigenvalue weighted by molar-refractivity contribution is 7.71. The van der Waals surface area contributed by atoms with Crippen molar-refractivity contribution in [1.29, 1.82) is 0 Å². The second kappa shape index (κ2) is 10.2. The molecular weight excluding hydrogens is 513 g/mol. The van der Waals surface area contributed by atoms with E-state index in [2.05, 4.69) is 0 Å². The van der Waals surface area contributed by atoms with Gasteiger partial charge in [0.05, 0.1) is 25.3 Å². The highest BCUT2D eigenvalue weighted by atomic mass is 31.1. The van der Waals surface area contributed by atoms with Gasteiger partial charge >= 0.3 is 12.4 Å². The molecule has 0 saturated carbocycles. The Labute approximate surface area is 201 Å². The van der Waals surface area contributed by atoms with E-state index in [-0.39, 0.29) is 23.1 Å². The molecule has 0 bridgehead atoms. The smallest absolute Gasteiger partial charge is 0.417 e. The Kier molecular flexibility index (Phi) is 7.64. The molecule has 36 heavy (non-hydrogen) atoms. The van der Waals surface area contributed by atoms with Crippen LogP contribution in [0.25, 0.3) is 0 Å². The third kappa shape index (κ3) is 5.16. The number of rotatable bonds is 7. The van der Waals surface area contributed by atoms with Crippen molar-refractivity contribution in [3.8, 4) is 11.5 Å². The molecule has 1 atom stereocenters. The number of carbonyl (C=O) groups is 2. The minimum absolute atomic E-state index is 0.218. The topological polar surface area (TPSA) is 69.7 Å². The summed E-state index contributed by atoms with van der Waals surface area (Å²) in [5, 5.41) is -1.81. The lowest BCUT2D eigenvalue weighted by molar-refractivity contribution is -0.141. The second-order valence-electron chi connectivity index (χ2n) is 7.30. The van der Waals surface area contributed by atoms with E-state index in [4.69, 9.17) is 9.47 Å². The molecule has 0 heterocycles. The predicted molar refractivity (Wildman–Crippen MR) is 119 cm³/mol. The molecule has 5 nitrogen and oxygen atoms in total. The van der Waals surface area contributed by atoms with Crippen LogP contribution in [-0.2, 0) is 16.9 Å². The van der Waals surface area contributed by atoms with Crippen LogP contribution in [-0.4, -0.2) is 25.5 Å². The van der Waals surface area contributed by atoms with Crippen molar-refractivity contribution in [2.45, 2.75) is 12.4 Å². The number of methoxy groups -OCH3 is 2. The summed E-state index contributed by atoms with van der Waals surface area (Å²) in [4.78, 5) is 26.1. The summed E-state index contributed by atoms with van der Waals surface area (Å²) in [7, 11) is -2.36. The van der Waals surface area contributed by atoms with Crippen LogP contribution in [0.2, 0.25) is 0 Å². The zero-order chi connectivity index (χ0) is 26.8. The molecule has 0 aromatic heterocycles. The Morgan fingerprint density at radius 1 is 0.750 bits per heavy atom. The molecule has 0 aliphatic heterocycles. The van der Waals surface area contributed by atoms with Crippen molar-refractivity contribution >= 4 is 24.4 Å². The van der Waals surface area contributed by atoms with Crippen molar-refractivity contribution in [2.75, 3.05) is 14.2 Å². The fourth-order valence-corrected chi connectivity index (χ4v) is 5.28. The molecule has 3 aromatic carbocycles. The first-order valence-electron chi connectivity index (χ1n) is 10.0. The molecule has 0 fully saturated rings. The normalized spacial score (nSPS) is 12.7. The van der Waals surface area contributed by atoms with E-state index in [1.165, 1.54) is 48.5 Å². The SMILES string of the molecule is COc1cccc(OC)c1C(=O)[PH](=O)c1c(C(F)(F)F)ccc(C(=O)c2ccccc2)c1C(F)(F)F.